The molecule has 0 unspecified atom stereocenters. The first-order valence-corrected chi connectivity index (χ1v) is 11.6. The normalized spacial score (nSPS) is 13.8. The average Bonchev–Trinajstić information content (AvgIpc) is 3.01. The highest BCUT2D eigenvalue weighted by molar-refractivity contribution is 7.21. The van der Waals surface area contributed by atoms with E-state index in [1.807, 2.05) is 31.3 Å². The summed E-state index contributed by atoms with van der Waals surface area (Å²) in [6, 6.07) is 6.25. The fourth-order valence-corrected chi connectivity index (χ4v) is 4.95. The van der Waals surface area contributed by atoms with Crippen LogP contribution in [0, 0.1) is 6.92 Å². The number of thiazole rings is 1. The van der Waals surface area contributed by atoms with Gasteiger partial charge in [0.1, 0.15) is 33.7 Å². The molecule has 1 aliphatic rings. The molecule has 0 aliphatic carbocycles. The van der Waals surface area contributed by atoms with E-state index in [1.54, 1.807) is 0 Å². The van der Waals surface area contributed by atoms with E-state index in [0.717, 1.165) is 43.9 Å². The largest absolute Gasteiger partial charge is 0.491 e. The number of aromatic nitrogens is 4. The van der Waals surface area contributed by atoms with Gasteiger partial charge in [-0.1, -0.05) is 35.1 Å². The standard InChI is InChI=1S/C23H22ClN7OS/c1-3-4-16-19(24)29-22(25)30-20(16)31-5-6-32-18-12(2)7-13(8-15(18)11-31)14-9-17-21(27-10-14)33-23(26)28-17/h3-4,7-10H,5-6,11H2,1-2H3,(H2,26,28)(H2,25,29,30). The van der Waals surface area contributed by atoms with Crippen molar-refractivity contribution < 1.29 is 4.74 Å². The van der Waals surface area contributed by atoms with Gasteiger partial charge >= 0.3 is 0 Å². The molecule has 4 N–H and O–H groups in total. The van der Waals surface area contributed by atoms with Gasteiger partial charge in [-0.15, -0.1) is 0 Å². The zero-order chi connectivity index (χ0) is 23.1. The molecule has 0 radical (unpaired) electrons. The number of anilines is 3. The van der Waals surface area contributed by atoms with E-state index >= 15 is 0 Å². The smallest absolute Gasteiger partial charge is 0.223 e. The molecule has 0 spiro atoms. The molecule has 0 bridgehead atoms. The highest BCUT2D eigenvalue weighted by Gasteiger charge is 2.23. The van der Waals surface area contributed by atoms with Crippen LogP contribution in [-0.4, -0.2) is 33.1 Å². The molecule has 5 rings (SSSR count). The Balaban J connectivity index is 1.58. The van der Waals surface area contributed by atoms with Gasteiger partial charge in [-0.3, -0.25) is 0 Å². The Morgan fingerprint density at radius 3 is 2.82 bits per heavy atom. The third kappa shape index (κ3) is 4.05. The highest BCUT2D eigenvalue weighted by Crippen LogP contribution is 2.36. The van der Waals surface area contributed by atoms with Gasteiger partial charge in [0.2, 0.25) is 5.95 Å². The lowest BCUT2D eigenvalue weighted by atomic mass is 9.99. The van der Waals surface area contributed by atoms with Gasteiger partial charge in [0.05, 0.1) is 12.1 Å². The second-order valence-corrected chi connectivity index (χ2v) is 9.13. The third-order valence-corrected chi connectivity index (χ3v) is 6.54. The number of halogens is 1. The molecule has 3 aromatic heterocycles. The number of benzene rings is 1. The third-order valence-electron chi connectivity index (χ3n) is 5.45. The molecule has 4 aromatic rings. The predicted molar refractivity (Wildman–Crippen MR) is 135 cm³/mol. The van der Waals surface area contributed by atoms with Gasteiger partial charge in [0.25, 0.3) is 0 Å². The molecule has 8 nitrogen and oxygen atoms in total. The topological polar surface area (TPSA) is 116 Å². The number of hydrogen-bond acceptors (Lipinski definition) is 9. The first kappa shape index (κ1) is 21.4. The molecule has 0 saturated carbocycles. The van der Waals surface area contributed by atoms with Crippen LogP contribution in [0.25, 0.3) is 27.6 Å². The summed E-state index contributed by atoms with van der Waals surface area (Å²) in [6.07, 6.45) is 5.65. The molecular formula is C23H22ClN7OS. The van der Waals surface area contributed by atoms with Crippen molar-refractivity contribution in [3.8, 4) is 16.9 Å². The van der Waals surface area contributed by atoms with Gasteiger partial charge in [-0.05, 0) is 43.2 Å². The summed E-state index contributed by atoms with van der Waals surface area (Å²) in [5, 5.41) is 0.837. The van der Waals surface area contributed by atoms with Crippen LogP contribution in [0.2, 0.25) is 5.15 Å². The number of rotatable bonds is 3. The number of hydrogen-bond donors (Lipinski definition) is 2. The quantitative estimate of drug-likeness (QED) is 0.406. The van der Waals surface area contributed by atoms with Gasteiger partial charge in [-0.2, -0.15) is 4.98 Å². The molecule has 0 atom stereocenters. The molecule has 168 valence electrons. The Morgan fingerprint density at radius 1 is 1.15 bits per heavy atom. The van der Waals surface area contributed by atoms with E-state index in [4.69, 9.17) is 27.8 Å². The van der Waals surface area contributed by atoms with Crippen LogP contribution in [0.3, 0.4) is 0 Å². The zero-order valence-electron chi connectivity index (χ0n) is 18.2. The SMILES string of the molecule is CC=Cc1c(Cl)nc(N)nc1N1CCOc2c(C)cc(-c3cnc4sc(N)nc4c3)cc2C1. The van der Waals surface area contributed by atoms with Crippen LogP contribution in [0.4, 0.5) is 16.9 Å². The number of nitrogen functional groups attached to an aromatic ring is 2. The maximum Gasteiger partial charge on any atom is 0.223 e. The van der Waals surface area contributed by atoms with Gasteiger partial charge in [0.15, 0.2) is 5.13 Å². The van der Waals surface area contributed by atoms with E-state index < -0.39 is 0 Å². The lowest BCUT2D eigenvalue weighted by Gasteiger charge is -2.23. The van der Waals surface area contributed by atoms with Crippen molar-refractivity contribution in [1.29, 1.82) is 0 Å². The van der Waals surface area contributed by atoms with Gasteiger partial charge < -0.3 is 21.1 Å². The zero-order valence-corrected chi connectivity index (χ0v) is 19.7. The van der Waals surface area contributed by atoms with E-state index in [9.17, 15) is 0 Å². The highest BCUT2D eigenvalue weighted by atomic mass is 35.5. The average molecular weight is 480 g/mol. The number of pyridine rings is 1. The Kier molecular flexibility index (Phi) is 5.51. The molecule has 33 heavy (non-hydrogen) atoms. The minimum absolute atomic E-state index is 0.139. The maximum absolute atomic E-state index is 6.39. The molecule has 0 saturated heterocycles. The summed E-state index contributed by atoms with van der Waals surface area (Å²) < 4.78 is 6.15. The summed E-state index contributed by atoms with van der Waals surface area (Å²) in [5.41, 5.74) is 17.4. The predicted octanol–water partition coefficient (Wildman–Crippen LogP) is 4.71. The Bertz CT molecular complexity index is 1400. The second kappa shape index (κ2) is 8.49. The summed E-state index contributed by atoms with van der Waals surface area (Å²) in [7, 11) is 0. The second-order valence-electron chi connectivity index (χ2n) is 7.76. The summed E-state index contributed by atoms with van der Waals surface area (Å²) in [5.74, 6) is 1.71. The minimum atomic E-state index is 0.139. The van der Waals surface area contributed by atoms with E-state index in [-0.39, 0.29) is 5.95 Å². The molecule has 1 aliphatic heterocycles. The summed E-state index contributed by atoms with van der Waals surface area (Å²) >= 11 is 7.77. The molecular weight excluding hydrogens is 458 g/mol. The van der Waals surface area contributed by atoms with Crippen LogP contribution < -0.4 is 21.1 Å². The molecule has 10 heteroatoms. The molecule has 4 heterocycles. The van der Waals surface area contributed by atoms with Crippen molar-refractivity contribution in [2.24, 2.45) is 0 Å². The van der Waals surface area contributed by atoms with Crippen LogP contribution in [0.5, 0.6) is 5.75 Å². The lowest BCUT2D eigenvalue weighted by Crippen LogP contribution is -2.27. The van der Waals surface area contributed by atoms with Crippen LogP contribution in [0.15, 0.2) is 30.5 Å². The number of allylic oxidation sites excluding steroid dienone is 1. The Labute approximate surface area is 199 Å². The van der Waals surface area contributed by atoms with Crippen molar-refractivity contribution >= 4 is 56.3 Å². The van der Waals surface area contributed by atoms with E-state index in [0.29, 0.717) is 35.8 Å². The van der Waals surface area contributed by atoms with Crippen molar-refractivity contribution in [2.75, 3.05) is 29.5 Å². The first-order chi connectivity index (χ1) is 15.9. The van der Waals surface area contributed by atoms with Crippen molar-refractivity contribution in [2.45, 2.75) is 20.4 Å². The van der Waals surface area contributed by atoms with Gasteiger partial charge in [0, 0.05) is 23.9 Å². The lowest BCUT2D eigenvalue weighted by molar-refractivity contribution is 0.329. The van der Waals surface area contributed by atoms with Crippen LogP contribution >= 0.6 is 22.9 Å². The van der Waals surface area contributed by atoms with E-state index in [1.165, 1.54) is 11.3 Å². The van der Waals surface area contributed by atoms with Crippen molar-refractivity contribution in [3.63, 3.8) is 0 Å². The maximum atomic E-state index is 6.39. The van der Waals surface area contributed by atoms with Gasteiger partial charge in [-0.25, -0.2) is 15.0 Å². The molecule has 0 amide bonds. The fraction of sp³-hybridized carbons (Fsp3) is 0.217. The number of nitrogens with two attached hydrogens (primary N) is 2. The van der Waals surface area contributed by atoms with Crippen molar-refractivity contribution in [3.05, 3.63) is 52.3 Å². The Morgan fingerprint density at radius 2 is 2.00 bits per heavy atom. The summed E-state index contributed by atoms with van der Waals surface area (Å²) in [6.45, 7) is 5.70. The van der Waals surface area contributed by atoms with E-state index in [2.05, 4.69) is 43.9 Å². The van der Waals surface area contributed by atoms with Crippen LogP contribution in [0.1, 0.15) is 23.6 Å². The fourth-order valence-electron chi connectivity index (χ4n) is 4.06. The number of nitrogens with zero attached hydrogens (tertiary/aromatic N) is 5. The number of ether oxygens (including phenoxy) is 1. The summed E-state index contributed by atoms with van der Waals surface area (Å²) in [4.78, 5) is 20.5. The van der Waals surface area contributed by atoms with Crippen molar-refractivity contribution in [1.82, 2.24) is 19.9 Å². The number of fused-ring (bicyclic) bond motifs is 2. The molecule has 0 fully saturated rings. The first-order valence-electron chi connectivity index (χ1n) is 10.4. The Hall–Kier alpha value is -3.43. The molecule has 1 aromatic carbocycles. The minimum Gasteiger partial charge on any atom is -0.491 e. The number of aryl methyl sites for hydroxylation is 1. The monoisotopic (exact) mass is 479 g/mol. The van der Waals surface area contributed by atoms with Crippen LogP contribution in [-0.2, 0) is 6.54 Å².